The first-order chi connectivity index (χ1) is 25.1. The Bertz CT molecular complexity index is 1900. The summed E-state index contributed by atoms with van der Waals surface area (Å²) in [5, 5.41) is 32.7. The van der Waals surface area contributed by atoms with Gasteiger partial charge in [0, 0.05) is 59.4 Å². The fraction of sp³-hybridized carbons (Fsp3) is 0.359. The van der Waals surface area contributed by atoms with Gasteiger partial charge in [-0.25, -0.2) is 0 Å². The van der Waals surface area contributed by atoms with E-state index in [0.29, 0.717) is 56.2 Å². The molecule has 52 heavy (non-hydrogen) atoms. The maximum absolute atomic E-state index is 11.8. The van der Waals surface area contributed by atoms with Gasteiger partial charge < -0.3 is 29.3 Å². The van der Waals surface area contributed by atoms with Gasteiger partial charge in [-0.2, -0.15) is 5.26 Å². The molecule has 1 atom stereocenters. The standard InChI is InChI=1S/C39H41Cl3N4O6/c1-39(25-47,38(48)49)45-22-29-17-32(40)35(18-34(29)51-23-27-16-26(19-43)20-44-21-27)52-24-28-8-5-9-30(36(28)41)31-10-6-11-33(37(31)42)50-15-7-14-46-12-3-2-4-13-46/h5-6,8-11,16-18,20-21,45,47H,2-4,7,12-15,22-25H2,1H3,(H,48,49)/t39-/m1/s1. The van der Waals surface area contributed by atoms with Gasteiger partial charge in [0.25, 0.3) is 0 Å². The number of benzene rings is 3. The molecular formula is C39H41Cl3N4O6. The van der Waals surface area contributed by atoms with E-state index >= 15 is 0 Å². The van der Waals surface area contributed by atoms with Crippen molar-refractivity contribution in [3.8, 4) is 34.4 Å². The van der Waals surface area contributed by atoms with E-state index in [1.54, 1.807) is 24.4 Å². The highest BCUT2D eigenvalue weighted by atomic mass is 35.5. The van der Waals surface area contributed by atoms with Gasteiger partial charge in [0.15, 0.2) is 0 Å². The van der Waals surface area contributed by atoms with E-state index in [9.17, 15) is 20.3 Å². The Labute approximate surface area is 318 Å². The zero-order chi connectivity index (χ0) is 37.1. The second-order valence-corrected chi connectivity index (χ2v) is 14.0. The molecule has 3 aromatic carbocycles. The van der Waals surface area contributed by atoms with Crippen molar-refractivity contribution in [3.05, 3.63) is 104 Å². The van der Waals surface area contributed by atoms with Gasteiger partial charge in [-0.3, -0.25) is 15.1 Å². The monoisotopic (exact) mass is 766 g/mol. The zero-order valence-electron chi connectivity index (χ0n) is 28.8. The molecule has 1 aromatic heterocycles. The second-order valence-electron chi connectivity index (χ2n) is 12.8. The lowest BCUT2D eigenvalue weighted by Gasteiger charge is -2.26. The van der Waals surface area contributed by atoms with Crippen LogP contribution >= 0.6 is 34.8 Å². The summed E-state index contributed by atoms with van der Waals surface area (Å²) < 4.78 is 18.4. The van der Waals surface area contributed by atoms with E-state index in [2.05, 4.69) is 21.3 Å². The highest BCUT2D eigenvalue weighted by Gasteiger charge is 2.32. The van der Waals surface area contributed by atoms with Crippen LogP contribution in [0.2, 0.25) is 15.1 Å². The molecule has 13 heteroatoms. The summed E-state index contributed by atoms with van der Waals surface area (Å²) in [4.78, 5) is 18.4. The predicted molar refractivity (Wildman–Crippen MR) is 201 cm³/mol. The van der Waals surface area contributed by atoms with E-state index in [1.165, 1.54) is 32.4 Å². The maximum Gasteiger partial charge on any atom is 0.326 e. The summed E-state index contributed by atoms with van der Waals surface area (Å²) in [6, 6.07) is 18.2. The lowest BCUT2D eigenvalue weighted by Crippen LogP contribution is -2.52. The number of hydrogen-bond donors (Lipinski definition) is 3. The summed E-state index contributed by atoms with van der Waals surface area (Å²) in [5.41, 5.74) is 2.09. The van der Waals surface area contributed by atoms with E-state index in [0.717, 1.165) is 37.2 Å². The number of carboxylic acid groups (broad SMARTS) is 1. The quantitative estimate of drug-likeness (QED) is 0.0910. The third kappa shape index (κ3) is 10.1. The molecular weight excluding hydrogens is 727 g/mol. The molecule has 0 bridgehead atoms. The minimum atomic E-state index is -1.60. The van der Waals surface area contributed by atoms with Gasteiger partial charge in [0.2, 0.25) is 0 Å². The van der Waals surface area contributed by atoms with Crippen LogP contribution in [-0.4, -0.2) is 64.5 Å². The number of nitriles is 1. The molecule has 4 aromatic rings. The zero-order valence-corrected chi connectivity index (χ0v) is 31.1. The molecule has 3 N–H and O–H groups in total. The molecule has 1 fully saturated rings. The van der Waals surface area contributed by atoms with Gasteiger partial charge in [0.1, 0.15) is 42.1 Å². The number of aromatic nitrogens is 1. The van der Waals surface area contributed by atoms with Crippen molar-refractivity contribution in [1.82, 2.24) is 15.2 Å². The Kier molecular flexibility index (Phi) is 14.0. The molecule has 0 saturated carbocycles. The number of ether oxygens (including phenoxy) is 3. The number of piperidine rings is 1. The number of aliphatic carboxylic acids is 1. The molecule has 1 aliphatic heterocycles. The molecule has 0 radical (unpaired) electrons. The van der Waals surface area contributed by atoms with Crippen LogP contribution < -0.4 is 19.5 Å². The third-order valence-electron chi connectivity index (χ3n) is 8.93. The Balaban J connectivity index is 1.32. The molecule has 10 nitrogen and oxygen atoms in total. The number of rotatable bonds is 17. The van der Waals surface area contributed by atoms with Crippen molar-refractivity contribution >= 4 is 40.8 Å². The van der Waals surface area contributed by atoms with Gasteiger partial charge in [-0.05, 0) is 57.5 Å². The van der Waals surface area contributed by atoms with Crippen LogP contribution in [0.25, 0.3) is 11.1 Å². The average molecular weight is 768 g/mol. The van der Waals surface area contributed by atoms with Crippen LogP contribution in [0.4, 0.5) is 0 Å². The van der Waals surface area contributed by atoms with E-state index in [4.69, 9.17) is 49.0 Å². The Hall–Kier alpha value is -4.08. The van der Waals surface area contributed by atoms with E-state index < -0.39 is 18.1 Å². The highest BCUT2D eigenvalue weighted by molar-refractivity contribution is 6.37. The average Bonchev–Trinajstić information content (AvgIpc) is 3.16. The summed E-state index contributed by atoms with van der Waals surface area (Å²) in [6.45, 7) is 4.72. The van der Waals surface area contributed by atoms with Crippen LogP contribution in [0.5, 0.6) is 17.2 Å². The van der Waals surface area contributed by atoms with Gasteiger partial charge in [-0.1, -0.05) is 71.6 Å². The molecule has 0 aliphatic carbocycles. The topological polar surface area (TPSA) is 137 Å². The van der Waals surface area contributed by atoms with Crippen molar-refractivity contribution in [3.63, 3.8) is 0 Å². The number of aliphatic hydroxyl groups is 1. The van der Waals surface area contributed by atoms with Gasteiger partial charge in [0.05, 0.1) is 33.8 Å². The van der Waals surface area contributed by atoms with Crippen molar-refractivity contribution in [1.29, 1.82) is 5.26 Å². The van der Waals surface area contributed by atoms with Crippen molar-refractivity contribution in [2.24, 2.45) is 0 Å². The Morgan fingerprint density at radius 1 is 0.923 bits per heavy atom. The first-order valence-electron chi connectivity index (χ1n) is 17.0. The Morgan fingerprint density at radius 3 is 2.38 bits per heavy atom. The normalized spacial score (nSPS) is 14.3. The number of nitrogens with zero attached hydrogens (tertiary/aromatic N) is 3. The van der Waals surface area contributed by atoms with Crippen LogP contribution in [0.3, 0.4) is 0 Å². The lowest BCUT2D eigenvalue weighted by atomic mass is 10.0. The summed E-state index contributed by atoms with van der Waals surface area (Å²) >= 11 is 20.5. The summed E-state index contributed by atoms with van der Waals surface area (Å²) in [7, 11) is 0. The molecule has 0 spiro atoms. The van der Waals surface area contributed by atoms with Crippen molar-refractivity contribution in [2.45, 2.75) is 57.9 Å². The number of likely N-dealkylation sites (tertiary alicyclic amines) is 1. The summed E-state index contributed by atoms with van der Waals surface area (Å²) in [5.74, 6) is 0.0271. The number of pyridine rings is 1. The molecule has 1 saturated heterocycles. The van der Waals surface area contributed by atoms with Crippen LogP contribution in [0.1, 0.15) is 54.9 Å². The second kappa shape index (κ2) is 18.6. The number of halogens is 3. The molecule has 0 unspecified atom stereocenters. The number of carbonyl (C=O) groups is 1. The van der Waals surface area contributed by atoms with Crippen LogP contribution in [-0.2, 0) is 24.6 Å². The predicted octanol–water partition coefficient (Wildman–Crippen LogP) is 7.92. The molecule has 0 amide bonds. The highest BCUT2D eigenvalue weighted by Crippen LogP contribution is 2.40. The third-order valence-corrected chi connectivity index (χ3v) is 10.1. The fourth-order valence-electron chi connectivity index (χ4n) is 5.78. The van der Waals surface area contributed by atoms with E-state index in [1.807, 2.05) is 36.4 Å². The molecule has 274 valence electrons. The fourth-order valence-corrected chi connectivity index (χ4v) is 6.58. The number of carboxylic acids is 1. The Morgan fingerprint density at radius 2 is 1.65 bits per heavy atom. The van der Waals surface area contributed by atoms with Gasteiger partial charge in [-0.15, -0.1) is 0 Å². The summed E-state index contributed by atoms with van der Waals surface area (Å²) in [6.07, 6.45) is 7.77. The minimum absolute atomic E-state index is 0.00499. The number of hydrogen-bond acceptors (Lipinski definition) is 9. The number of nitrogens with one attached hydrogen (secondary N) is 1. The first kappa shape index (κ1) is 39.1. The maximum atomic E-state index is 11.8. The molecule has 2 heterocycles. The number of aliphatic hydroxyl groups excluding tert-OH is 1. The SMILES string of the molecule is C[C@](CO)(NCc1cc(Cl)c(OCc2cccc(-c3cccc(OCCCN4CCCCC4)c3Cl)c2Cl)cc1OCc1cncc(C#N)c1)C(=O)O. The van der Waals surface area contributed by atoms with Crippen molar-refractivity contribution < 1.29 is 29.2 Å². The van der Waals surface area contributed by atoms with E-state index in [-0.39, 0.29) is 24.8 Å². The minimum Gasteiger partial charge on any atom is -0.492 e. The van der Waals surface area contributed by atoms with Gasteiger partial charge >= 0.3 is 5.97 Å². The van der Waals surface area contributed by atoms with Crippen molar-refractivity contribution in [2.75, 3.05) is 32.8 Å². The van der Waals surface area contributed by atoms with Crippen LogP contribution in [0, 0.1) is 11.3 Å². The van der Waals surface area contributed by atoms with Crippen LogP contribution in [0.15, 0.2) is 67.0 Å². The smallest absolute Gasteiger partial charge is 0.326 e. The first-order valence-corrected chi connectivity index (χ1v) is 18.2. The molecule has 5 rings (SSSR count). The largest absolute Gasteiger partial charge is 0.492 e. The lowest BCUT2D eigenvalue weighted by molar-refractivity contribution is -0.145. The molecule has 1 aliphatic rings.